The van der Waals surface area contributed by atoms with E-state index in [0.29, 0.717) is 25.3 Å². The highest BCUT2D eigenvalue weighted by molar-refractivity contribution is 7.89. The minimum Gasteiger partial charge on any atom is -0.376 e. The second-order valence-electron chi connectivity index (χ2n) is 5.84. The van der Waals surface area contributed by atoms with Gasteiger partial charge in [0.1, 0.15) is 11.5 Å². The topological polar surface area (TPSA) is 72.6 Å². The molecule has 0 unspecified atom stereocenters. The van der Waals surface area contributed by atoms with Crippen LogP contribution in [0.1, 0.15) is 28.1 Å². The number of benzene rings is 1. The molecular formula is C16H20N2O4S. The van der Waals surface area contributed by atoms with Gasteiger partial charge in [-0.1, -0.05) is 11.2 Å². The van der Waals surface area contributed by atoms with Crippen LogP contribution >= 0.6 is 0 Å². The second kappa shape index (κ2) is 6.07. The molecule has 0 N–H and O–H groups in total. The molecule has 0 radical (unpaired) electrons. The van der Waals surface area contributed by atoms with E-state index in [-0.39, 0.29) is 11.4 Å². The summed E-state index contributed by atoms with van der Waals surface area (Å²) in [5, 5.41) is 4.02. The van der Waals surface area contributed by atoms with E-state index >= 15 is 0 Å². The van der Waals surface area contributed by atoms with Crippen molar-refractivity contribution in [3.8, 4) is 0 Å². The van der Waals surface area contributed by atoms with E-state index in [9.17, 15) is 8.42 Å². The average Bonchev–Trinajstić information content (AvgIpc) is 2.93. The zero-order chi connectivity index (χ0) is 16.6. The average molecular weight is 336 g/mol. The van der Waals surface area contributed by atoms with Crippen LogP contribution in [0.15, 0.2) is 27.6 Å². The molecule has 1 aromatic heterocycles. The lowest BCUT2D eigenvalue weighted by molar-refractivity contribution is 0.102. The van der Waals surface area contributed by atoms with Crippen LogP contribution in [0.3, 0.4) is 0 Å². The summed E-state index contributed by atoms with van der Waals surface area (Å²) >= 11 is 0. The molecular weight excluding hydrogens is 316 g/mol. The van der Waals surface area contributed by atoms with Gasteiger partial charge in [-0.3, -0.25) is 0 Å². The van der Waals surface area contributed by atoms with E-state index in [1.807, 2.05) is 19.9 Å². The van der Waals surface area contributed by atoms with E-state index < -0.39 is 10.0 Å². The van der Waals surface area contributed by atoms with Gasteiger partial charge in [0.2, 0.25) is 10.0 Å². The predicted octanol–water partition coefficient (Wildman–Crippen LogP) is 2.18. The SMILES string of the molecule is Cc1ccc(S(=O)(=O)N(C)Cc2noc3c2COCC3)cc1C. The van der Waals surface area contributed by atoms with Gasteiger partial charge in [-0.25, -0.2) is 8.42 Å². The smallest absolute Gasteiger partial charge is 0.243 e. The standard InChI is InChI=1S/C16H20N2O4S/c1-11-4-5-13(8-12(11)2)23(19,20)18(3)9-15-14-10-21-7-6-16(14)22-17-15/h4-5,8H,6-7,9-10H2,1-3H3. The summed E-state index contributed by atoms with van der Waals surface area (Å²) in [6.07, 6.45) is 0.677. The Morgan fingerprint density at radius 3 is 2.78 bits per heavy atom. The Balaban J connectivity index is 1.85. The van der Waals surface area contributed by atoms with Crippen LogP contribution in [0.5, 0.6) is 0 Å². The molecule has 2 heterocycles. The Bertz CT molecular complexity index is 827. The molecule has 0 amide bonds. The third-order valence-corrected chi connectivity index (χ3v) is 6.03. The number of ether oxygens (including phenoxy) is 1. The number of fused-ring (bicyclic) bond motifs is 1. The normalized spacial score (nSPS) is 15.0. The number of aryl methyl sites for hydroxylation is 2. The number of hydrogen-bond acceptors (Lipinski definition) is 5. The Morgan fingerprint density at radius 2 is 2.04 bits per heavy atom. The summed E-state index contributed by atoms with van der Waals surface area (Å²) in [6, 6.07) is 5.15. The van der Waals surface area contributed by atoms with Crippen molar-refractivity contribution in [1.82, 2.24) is 9.46 Å². The number of nitrogens with zero attached hydrogens (tertiary/aromatic N) is 2. The zero-order valence-corrected chi connectivity index (χ0v) is 14.3. The minimum atomic E-state index is -3.57. The van der Waals surface area contributed by atoms with E-state index in [4.69, 9.17) is 9.26 Å². The molecule has 2 aromatic rings. The van der Waals surface area contributed by atoms with Gasteiger partial charge in [0.15, 0.2) is 0 Å². The maximum absolute atomic E-state index is 12.7. The Hall–Kier alpha value is -1.70. The first-order chi connectivity index (χ1) is 10.9. The van der Waals surface area contributed by atoms with Crippen LogP contribution in [0.4, 0.5) is 0 Å². The quantitative estimate of drug-likeness (QED) is 0.856. The first kappa shape index (κ1) is 16.2. The van der Waals surface area contributed by atoms with Gasteiger partial charge in [-0.2, -0.15) is 4.31 Å². The van der Waals surface area contributed by atoms with Crippen LogP contribution < -0.4 is 0 Å². The highest BCUT2D eigenvalue weighted by Crippen LogP contribution is 2.24. The van der Waals surface area contributed by atoms with Crippen molar-refractivity contribution in [3.05, 3.63) is 46.3 Å². The first-order valence-corrected chi connectivity index (χ1v) is 8.91. The Labute approximate surface area is 136 Å². The van der Waals surface area contributed by atoms with Crippen molar-refractivity contribution >= 4 is 10.0 Å². The van der Waals surface area contributed by atoms with Crippen LogP contribution in [0.25, 0.3) is 0 Å². The fraction of sp³-hybridized carbons (Fsp3) is 0.438. The molecule has 0 fully saturated rings. The van der Waals surface area contributed by atoms with Crippen molar-refractivity contribution in [3.63, 3.8) is 0 Å². The largest absolute Gasteiger partial charge is 0.376 e. The molecule has 23 heavy (non-hydrogen) atoms. The van der Waals surface area contributed by atoms with Gasteiger partial charge in [0, 0.05) is 19.0 Å². The summed E-state index contributed by atoms with van der Waals surface area (Å²) in [6.45, 7) is 5.05. The van der Waals surface area contributed by atoms with Crippen LogP contribution in [-0.4, -0.2) is 31.5 Å². The summed E-state index contributed by atoms with van der Waals surface area (Å²) in [5.41, 5.74) is 3.51. The fourth-order valence-corrected chi connectivity index (χ4v) is 3.77. The van der Waals surface area contributed by atoms with Gasteiger partial charge in [-0.05, 0) is 37.1 Å². The molecule has 0 bridgehead atoms. The lowest BCUT2D eigenvalue weighted by Crippen LogP contribution is -2.27. The van der Waals surface area contributed by atoms with Crippen molar-refractivity contribution < 1.29 is 17.7 Å². The third-order valence-electron chi connectivity index (χ3n) is 4.23. The third kappa shape index (κ3) is 3.04. The lowest BCUT2D eigenvalue weighted by atomic mass is 10.1. The van der Waals surface area contributed by atoms with Crippen LogP contribution in [0, 0.1) is 13.8 Å². The van der Waals surface area contributed by atoms with Gasteiger partial charge in [0.05, 0.1) is 24.7 Å². The van der Waals surface area contributed by atoms with E-state index in [1.54, 1.807) is 19.2 Å². The number of rotatable bonds is 4. The molecule has 0 saturated heterocycles. The fourth-order valence-electron chi connectivity index (χ4n) is 2.56. The van der Waals surface area contributed by atoms with E-state index in [2.05, 4.69) is 5.16 Å². The maximum Gasteiger partial charge on any atom is 0.243 e. The van der Waals surface area contributed by atoms with E-state index in [1.165, 1.54) is 4.31 Å². The van der Waals surface area contributed by atoms with E-state index in [0.717, 1.165) is 22.5 Å². The van der Waals surface area contributed by atoms with Gasteiger partial charge >= 0.3 is 0 Å². The Morgan fingerprint density at radius 1 is 1.26 bits per heavy atom. The van der Waals surface area contributed by atoms with Crippen molar-refractivity contribution in [1.29, 1.82) is 0 Å². The zero-order valence-electron chi connectivity index (χ0n) is 13.5. The Kier molecular flexibility index (Phi) is 4.27. The summed E-state index contributed by atoms with van der Waals surface area (Å²) in [7, 11) is -2.02. The summed E-state index contributed by atoms with van der Waals surface area (Å²) in [5.74, 6) is 0.795. The molecule has 7 heteroatoms. The van der Waals surface area contributed by atoms with Gasteiger partial charge < -0.3 is 9.26 Å². The highest BCUT2D eigenvalue weighted by atomic mass is 32.2. The number of hydrogen-bond donors (Lipinski definition) is 0. The maximum atomic E-state index is 12.7. The second-order valence-corrected chi connectivity index (χ2v) is 7.89. The molecule has 1 aliphatic heterocycles. The molecule has 3 rings (SSSR count). The van der Waals surface area contributed by atoms with Gasteiger partial charge in [0.25, 0.3) is 0 Å². The molecule has 0 aliphatic carbocycles. The predicted molar refractivity (Wildman–Crippen MR) is 84.4 cm³/mol. The van der Waals surface area contributed by atoms with Crippen LogP contribution in [0.2, 0.25) is 0 Å². The lowest BCUT2D eigenvalue weighted by Gasteiger charge is -2.18. The monoisotopic (exact) mass is 336 g/mol. The summed E-state index contributed by atoms with van der Waals surface area (Å²) < 4.78 is 37.4. The van der Waals surface area contributed by atoms with Crippen LogP contribution in [-0.2, 0) is 34.3 Å². The molecule has 6 nitrogen and oxygen atoms in total. The van der Waals surface area contributed by atoms with Gasteiger partial charge in [-0.15, -0.1) is 0 Å². The van der Waals surface area contributed by atoms with Crippen molar-refractivity contribution in [2.75, 3.05) is 13.7 Å². The molecule has 124 valence electrons. The van der Waals surface area contributed by atoms with Crippen molar-refractivity contribution in [2.24, 2.45) is 0 Å². The minimum absolute atomic E-state index is 0.164. The molecule has 0 spiro atoms. The molecule has 0 saturated carbocycles. The molecule has 1 aliphatic rings. The number of aromatic nitrogens is 1. The highest BCUT2D eigenvalue weighted by Gasteiger charge is 2.26. The summed E-state index contributed by atoms with van der Waals surface area (Å²) in [4.78, 5) is 0.289. The number of sulfonamides is 1. The molecule has 1 aromatic carbocycles. The van der Waals surface area contributed by atoms with Crippen molar-refractivity contribution in [2.45, 2.75) is 38.3 Å². The first-order valence-electron chi connectivity index (χ1n) is 7.47. The molecule has 0 atom stereocenters.